The lowest BCUT2D eigenvalue weighted by atomic mass is 10.1. The number of anilines is 3. The molecule has 2 aliphatic heterocycles. The molecule has 0 bridgehead atoms. The van der Waals surface area contributed by atoms with Gasteiger partial charge in [0.1, 0.15) is 17.3 Å². The Bertz CT molecular complexity index is 1870. The first-order chi connectivity index (χ1) is 25.0. The zero-order valence-corrected chi connectivity index (χ0v) is 29.2. The molecule has 2 amide bonds. The number of carbonyl (C=O) groups is 1. The van der Waals surface area contributed by atoms with Gasteiger partial charge in [-0.05, 0) is 47.4 Å². The van der Waals surface area contributed by atoms with Crippen molar-refractivity contribution in [1.29, 1.82) is 0 Å². The molecule has 4 heterocycles. The number of rotatable bonds is 11. The molecule has 262 valence electrons. The lowest BCUT2D eigenvalue weighted by molar-refractivity contribution is 0.122. The van der Waals surface area contributed by atoms with E-state index in [1.165, 1.54) is 0 Å². The van der Waals surface area contributed by atoms with Gasteiger partial charge in [-0.3, -0.25) is 4.90 Å². The van der Waals surface area contributed by atoms with E-state index in [0.717, 1.165) is 45.0 Å². The number of benzene rings is 3. The number of nitrogens with zero attached hydrogens (tertiary/aromatic N) is 8. The Labute approximate surface area is 298 Å². The molecule has 2 aromatic heterocycles. The Kier molecular flexibility index (Phi) is 10.2. The van der Waals surface area contributed by atoms with Gasteiger partial charge in [-0.1, -0.05) is 54.6 Å². The van der Waals surface area contributed by atoms with Crippen LogP contribution in [0.4, 0.5) is 22.5 Å². The van der Waals surface area contributed by atoms with Crippen molar-refractivity contribution in [3.05, 3.63) is 114 Å². The number of fused-ring (bicyclic) bond motifs is 1. The van der Waals surface area contributed by atoms with E-state index < -0.39 is 0 Å². The van der Waals surface area contributed by atoms with Crippen molar-refractivity contribution in [3.63, 3.8) is 0 Å². The summed E-state index contributed by atoms with van der Waals surface area (Å²) >= 11 is 0. The average molecular weight is 687 g/mol. The van der Waals surface area contributed by atoms with E-state index >= 15 is 0 Å². The monoisotopic (exact) mass is 686 g/mol. The molecule has 0 N–H and O–H groups in total. The van der Waals surface area contributed by atoms with Crippen LogP contribution in [0.1, 0.15) is 22.3 Å². The summed E-state index contributed by atoms with van der Waals surface area (Å²) in [5.74, 6) is 3.40. The molecule has 0 radical (unpaired) electrons. The second-order valence-electron chi connectivity index (χ2n) is 12.6. The van der Waals surface area contributed by atoms with Crippen LogP contribution in [-0.4, -0.2) is 85.0 Å². The minimum atomic E-state index is -0.102. The van der Waals surface area contributed by atoms with E-state index in [4.69, 9.17) is 34.1 Å². The van der Waals surface area contributed by atoms with Gasteiger partial charge in [-0.25, -0.2) is 19.7 Å². The third kappa shape index (κ3) is 7.71. The topological polar surface area (TPSA) is 109 Å². The van der Waals surface area contributed by atoms with Crippen molar-refractivity contribution in [1.82, 2.24) is 24.8 Å². The van der Waals surface area contributed by atoms with Crippen molar-refractivity contribution in [3.8, 4) is 22.8 Å². The van der Waals surface area contributed by atoms with E-state index in [-0.39, 0.29) is 6.03 Å². The molecule has 2 aliphatic rings. The number of ether oxygens (including phenoxy) is 3. The summed E-state index contributed by atoms with van der Waals surface area (Å²) in [5.41, 5.74) is 5.69. The third-order valence-corrected chi connectivity index (χ3v) is 9.19. The third-order valence-electron chi connectivity index (χ3n) is 9.19. The molecule has 1 fully saturated rings. The average Bonchev–Trinajstić information content (AvgIpc) is 3.62. The van der Waals surface area contributed by atoms with Gasteiger partial charge in [0.2, 0.25) is 11.9 Å². The maximum Gasteiger partial charge on any atom is 0.325 e. The minimum absolute atomic E-state index is 0.102. The van der Waals surface area contributed by atoms with E-state index in [0.29, 0.717) is 76.6 Å². The van der Waals surface area contributed by atoms with Gasteiger partial charge in [-0.15, -0.1) is 0 Å². The number of hydrogen-bond donors (Lipinski definition) is 0. The van der Waals surface area contributed by atoms with E-state index in [1.807, 2.05) is 74.0 Å². The predicted octanol–water partition coefficient (Wildman–Crippen LogP) is 5.61. The zero-order chi connectivity index (χ0) is 35.2. The van der Waals surface area contributed by atoms with Crippen LogP contribution < -0.4 is 24.2 Å². The predicted molar refractivity (Wildman–Crippen MR) is 196 cm³/mol. The lowest BCUT2D eigenvalue weighted by Crippen LogP contribution is -2.41. The van der Waals surface area contributed by atoms with Crippen LogP contribution in [0.2, 0.25) is 0 Å². The Morgan fingerprint density at radius 3 is 1.94 bits per heavy atom. The maximum absolute atomic E-state index is 13.9. The fourth-order valence-corrected chi connectivity index (χ4v) is 6.41. The summed E-state index contributed by atoms with van der Waals surface area (Å²) < 4.78 is 16.4. The highest BCUT2D eigenvalue weighted by Gasteiger charge is 2.33. The normalized spacial score (nSPS) is 13.9. The molecule has 0 unspecified atom stereocenters. The van der Waals surface area contributed by atoms with Crippen molar-refractivity contribution in [2.24, 2.45) is 0 Å². The van der Waals surface area contributed by atoms with Crippen molar-refractivity contribution in [2.75, 3.05) is 68.8 Å². The number of amides is 2. The first-order valence-electron chi connectivity index (χ1n) is 17.1. The highest BCUT2D eigenvalue weighted by Crippen LogP contribution is 2.36. The highest BCUT2D eigenvalue weighted by atomic mass is 16.5. The fraction of sp³-hybridized carbons (Fsp3) is 0.308. The van der Waals surface area contributed by atoms with Gasteiger partial charge in [0.25, 0.3) is 0 Å². The Balaban J connectivity index is 1.20. The summed E-state index contributed by atoms with van der Waals surface area (Å²) in [5, 5.41) is 0. The summed E-state index contributed by atoms with van der Waals surface area (Å²) in [6, 6.07) is 25.9. The number of morpholine rings is 1. The molecule has 0 atom stereocenters. The molecule has 12 nitrogen and oxygen atoms in total. The van der Waals surface area contributed by atoms with Crippen molar-refractivity contribution < 1.29 is 19.0 Å². The molecule has 0 aliphatic carbocycles. The summed E-state index contributed by atoms with van der Waals surface area (Å²) in [7, 11) is 5.16. The number of hydrogen-bond acceptors (Lipinski definition) is 10. The van der Waals surface area contributed by atoms with Gasteiger partial charge < -0.3 is 28.9 Å². The second kappa shape index (κ2) is 15.4. The molecule has 5 aromatic rings. The van der Waals surface area contributed by atoms with E-state index in [1.54, 1.807) is 24.0 Å². The first kappa shape index (κ1) is 33.7. The molecule has 7 rings (SSSR count). The molecule has 51 heavy (non-hydrogen) atoms. The largest absolute Gasteiger partial charge is 0.497 e. The van der Waals surface area contributed by atoms with Crippen LogP contribution in [0.15, 0.2) is 91.3 Å². The zero-order valence-electron chi connectivity index (χ0n) is 29.2. The summed E-state index contributed by atoms with van der Waals surface area (Å²) in [6.45, 7) is 4.71. The van der Waals surface area contributed by atoms with Crippen LogP contribution in [0.3, 0.4) is 0 Å². The van der Waals surface area contributed by atoms with Gasteiger partial charge in [0.15, 0.2) is 0 Å². The lowest BCUT2D eigenvalue weighted by Gasteiger charge is -2.29. The first-order valence-corrected chi connectivity index (χ1v) is 17.1. The Morgan fingerprint density at radius 1 is 0.765 bits per heavy atom. The Morgan fingerprint density at radius 2 is 1.35 bits per heavy atom. The SMILES string of the molecule is COc1ccc(CN(Cc2ccc(OC)cc2)c2ncc(-c3nc(N4CCOCC4)nc4c3CCN4C(=O)N(C)Cc3ccccc3)cn2)cc1. The molecule has 0 spiro atoms. The fourth-order valence-electron chi connectivity index (χ4n) is 6.41. The second-order valence-corrected chi connectivity index (χ2v) is 12.6. The molecular formula is C39H42N8O4. The molecule has 12 heteroatoms. The van der Waals surface area contributed by atoms with Gasteiger partial charge in [0, 0.05) is 69.8 Å². The molecule has 3 aromatic carbocycles. The van der Waals surface area contributed by atoms with Crippen molar-refractivity contribution >= 4 is 23.7 Å². The van der Waals surface area contributed by atoms with E-state index in [9.17, 15) is 4.79 Å². The highest BCUT2D eigenvalue weighted by molar-refractivity contribution is 5.94. The van der Waals surface area contributed by atoms with Crippen LogP contribution >= 0.6 is 0 Å². The molecular weight excluding hydrogens is 644 g/mol. The number of methoxy groups -OCH3 is 2. The molecule has 1 saturated heterocycles. The smallest absolute Gasteiger partial charge is 0.325 e. The summed E-state index contributed by atoms with van der Waals surface area (Å²) in [6.07, 6.45) is 4.28. The number of urea groups is 1. The number of aromatic nitrogens is 4. The van der Waals surface area contributed by atoms with Crippen LogP contribution in [0.5, 0.6) is 11.5 Å². The Hall–Kier alpha value is -5.75. The molecule has 0 saturated carbocycles. The van der Waals surface area contributed by atoms with Crippen LogP contribution in [0, 0.1) is 0 Å². The number of carbonyl (C=O) groups excluding carboxylic acids is 1. The maximum atomic E-state index is 13.9. The van der Waals surface area contributed by atoms with Crippen LogP contribution in [-0.2, 0) is 30.8 Å². The van der Waals surface area contributed by atoms with Gasteiger partial charge in [-0.2, -0.15) is 4.98 Å². The van der Waals surface area contributed by atoms with Crippen LogP contribution in [0.25, 0.3) is 11.3 Å². The minimum Gasteiger partial charge on any atom is -0.497 e. The van der Waals surface area contributed by atoms with Crippen molar-refractivity contribution in [2.45, 2.75) is 26.1 Å². The standard InChI is InChI=1S/C39H42N8O4/c1-44(25-28-7-5-4-6-8-28)39(48)47-18-17-34-35(42-38(43-36(34)47)45-19-21-51-22-20-45)31-23-40-37(41-24-31)46(26-29-9-13-32(49-2)14-10-29)27-30-11-15-33(50-3)16-12-30/h4-16,23-24H,17-22,25-27H2,1-3H3. The quantitative estimate of drug-likeness (QED) is 0.174. The summed E-state index contributed by atoms with van der Waals surface area (Å²) in [4.78, 5) is 41.5. The van der Waals surface area contributed by atoms with Gasteiger partial charge >= 0.3 is 6.03 Å². The van der Waals surface area contributed by atoms with Gasteiger partial charge in [0.05, 0.1) is 33.1 Å². The van der Waals surface area contributed by atoms with E-state index in [2.05, 4.69) is 34.1 Å².